The highest BCUT2D eigenvalue weighted by molar-refractivity contribution is 5.77. The zero-order valence-corrected chi connectivity index (χ0v) is 12.4. The minimum absolute atomic E-state index is 0.146. The molecule has 2 aliphatic heterocycles. The van der Waals surface area contributed by atoms with Gasteiger partial charge in [0, 0.05) is 30.9 Å². The predicted molar refractivity (Wildman–Crippen MR) is 79.2 cm³/mol. The summed E-state index contributed by atoms with van der Waals surface area (Å²) in [4.78, 5) is 20.7. The molecule has 1 aromatic rings. The van der Waals surface area contributed by atoms with Crippen LogP contribution in [0.1, 0.15) is 18.4 Å². The Balaban J connectivity index is 1.66. The number of pyridine rings is 1. The molecule has 0 bridgehead atoms. The minimum Gasteiger partial charge on any atom is -0.481 e. The molecule has 3 rings (SSSR count). The minimum atomic E-state index is 0.146. The molecule has 2 aliphatic rings. The third-order valence-electron chi connectivity index (χ3n) is 4.28. The predicted octanol–water partition coefficient (Wildman–Crippen LogP) is 1.08. The van der Waals surface area contributed by atoms with E-state index < -0.39 is 0 Å². The van der Waals surface area contributed by atoms with E-state index >= 15 is 0 Å². The molecule has 0 saturated carbocycles. The second kappa shape index (κ2) is 6.30. The molecule has 6 nitrogen and oxygen atoms in total. The molecule has 2 fully saturated rings. The molecule has 21 heavy (non-hydrogen) atoms. The first-order chi connectivity index (χ1) is 10.3. The van der Waals surface area contributed by atoms with Crippen molar-refractivity contribution in [1.29, 1.82) is 0 Å². The summed E-state index contributed by atoms with van der Waals surface area (Å²) in [6, 6.07) is 4.38. The van der Waals surface area contributed by atoms with Crippen LogP contribution in [0.3, 0.4) is 0 Å². The van der Waals surface area contributed by atoms with Crippen molar-refractivity contribution in [3.63, 3.8) is 0 Å². The summed E-state index contributed by atoms with van der Waals surface area (Å²) in [5.41, 5.74) is 0.959. The molecule has 3 heterocycles. The number of nitrogens with one attached hydrogen (secondary N) is 1. The van der Waals surface area contributed by atoms with Crippen molar-refractivity contribution in [2.24, 2.45) is 0 Å². The van der Waals surface area contributed by atoms with E-state index in [1.54, 1.807) is 13.3 Å². The number of urea groups is 1. The number of nitrogens with zero attached hydrogens (tertiary/aromatic N) is 3. The van der Waals surface area contributed by atoms with Crippen molar-refractivity contribution < 1.29 is 9.53 Å². The molecule has 0 atom stereocenters. The lowest BCUT2D eigenvalue weighted by atomic mass is 10.1. The van der Waals surface area contributed by atoms with Gasteiger partial charge < -0.3 is 19.9 Å². The van der Waals surface area contributed by atoms with E-state index in [1.807, 2.05) is 21.9 Å². The summed E-state index contributed by atoms with van der Waals surface area (Å²) < 4.78 is 5.26. The zero-order valence-electron chi connectivity index (χ0n) is 12.4. The number of methoxy groups -OCH3 is 1. The molecule has 0 radical (unpaired) electrons. The molecule has 0 aromatic carbocycles. The molecular weight excluding hydrogens is 268 g/mol. The Morgan fingerprint density at radius 2 is 2.19 bits per heavy atom. The second-order valence-electron chi connectivity index (χ2n) is 5.55. The molecule has 2 amide bonds. The van der Waals surface area contributed by atoms with E-state index in [9.17, 15) is 4.79 Å². The maximum atomic E-state index is 12.6. The lowest BCUT2D eigenvalue weighted by molar-refractivity contribution is 0.164. The summed E-state index contributed by atoms with van der Waals surface area (Å²) in [7, 11) is 1.61. The number of amides is 2. The first-order valence-electron chi connectivity index (χ1n) is 7.53. The van der Waals surface area contributed by atoms with Crippen molar-refractivity contribution in [2.45, 2.75) is 25.4 Å². The monoisotopic (exact) mass is 290 g/mol. The Hall–Kier alpha value is -1.82. The molecule has 1 aromatic heterocycles. The maximum absolute atomic E-state index is 12.6. The van der Waals surface area contributed by atoms with E-state index in [0.29, 0.717) is 18.5 Å². The number of hydrogen-bond acceptors (Lipinski definition) is 4. The van der Waals surface area contributed by atoms with Crippen molar-refractivity contribution in [2.75, 3.05) is 33.3 Å². The highest BCUT2D eigenvalue weighted by Gasteiger charge is 2.34. The fourth-order valence-corrected chi connectivity index (χ4v) is 3.14. The standard InChI is InChI=1S/C15H22N4O2/c1-21-14-12(3-2-6-17-14)11-18-9-10-19(15(18)20)13-4-7-16-8-5-13/h2-3,6,13,16H,4-5,7-11H2,1H3. The van der Waals surface area contributed by atoms with E-state index in [4.69, 9.17) is 4.74 Å². The molecule has 0 unspecified atom stereocenters. The Morgan fingerprint density at radius 1 is 1.38 bits per heavy atom. The van der Waals surface area contributed by atoms with Gasteiger partial charge in [0.05, 0.1) is 13.7 Å². The highest BCUT2D eigenvalue weighted by Crippen LogP contribution is 2.22. The Bertz CT molecular complexity index is 502. The van der Waals surface area contributed by atoms with Gasteiger partial charge in [-0.05, 0) is 32.0 Å². The van der Waals surface area contributed by atoms with Gasteiger partial charge in [-0.15, -0.1) is 0 Å². The number of rotatable bonds is 4. The first kappa shape index (κ1) is 14.1. The van der Waals surface area contributed by atoms with Crippen molar-refractivity contribution in [3.8, 4) is 5.88 Å². The third kappa shape index (κ3) is 2.95. The van der Waals surface area contributed by atoms with Gasteiger partial charge >= 0.3 is 6.03 Å². The van der Waals surface area contributed by atoms with Crippen LogP contribution < -0.4 is 10.1 Å². The van der Waals surface area contributed by atoms with Crippen LogP contribution in [0.5, 0.6) is 5.88 Å². The van der Waals surface area contributed by atoms with Gasteiger partial charge in [0.15, 0.2) is 0 Å². The van der Waals surface area contributed by atoms with Crippen LogP contribution in [0.15, 0.2) is 18.3 Å². The van der Waals surface area contributed by atoms with E-state index in [1.165, 1.54) is 0 Å². The molecule has 0 spiro atoms. The fourth-order valence-electron chi connectivity index (χ4n) is 3.14. The quantitative estimate of drug-likeness (QED) is 0.901. The molecule has 6 heteroatoms. The number of piperidine rings is 1. The maximum Gasteiger partial charge on any atom is 0.320 e. The topological polar surface area (TPSA) is 57.7 Å². The number of carbonyl (C=O) groups is 1. The van der Waals surface area contributed by atoms with Crippen LogP contribution in [-0.4, -0.2) is 60.1 Å². The van der Waals surface area contributed by atoms with Gasteiger partial charge in [-0.1, -0.05) is 6.07 Å². The smallest absolute Gasteiger partial charge is 0.320 e. The average Bonchev–Trinajstić information content (AvgIpc) is 2.90. The fraction of sp³-hybridized carbons (Fsp3) is 0.600. The van der Waals surface area contributed by atoms with E-state index in [-0.39, 0.29) is 6.03 Å². The van der Waals surface area contributed by atoms with Crippen molar-refractivity contribution in [1.82, 2.24) is 20.1 Å². The van der Waals surface area contributed by atoms with Gasteiger partial charge in [-0.3, -0.25) is 0 Å². The third-order valence-corrected chi connectivity index (χ3v) is 4.28. The van der Waals surface area contributed by atoms with E-state index in [2.05, 4.69) is 10.3 Å². The Kier molecular flexibility index (Phi) is 4.24. The molecule has 114 valence electrons. The van der Waals surface area contributed by atoms with Gasteiger partial charge in [0.25, 0.3) is 0 Å². The Morgan fingerprint density at radius 3 is 2.95 bits per heavy atom. The van der Waals surface area contributed by atoms with Crippen LogP contribution in [0, 0.1) is 0 Å². The summed E-state index contributed by atoms with van der Waals surface area (Å²) >= 11 is 0. The van der Waals surface area contributed by atoms with Crippen LogP contribution >= 0.6 is 0 Å². The lowest BCUT2D eigenvalue weighted by Crippen LogP contribution is -2.45. The average molecular weight is 290 g/mol. The summed E-state index contributed by atoms with van der Waals surface area (Å²) in [6.45, 7) is 4.18. The first-order valence-corrected chi connectivity index (χ1v) is 7.53. The molecule has 2 saturated heterocycles. The molecule has 1 N–H and O–H groups in total. The van der Waals surface area contributed by atoms with Gasteiger partial charge in [0.2, 0.25) is 5.88 Å². The normalized spacial score (nSPS) is 20.1. The molecular formula is C15H22N4O2. The van der Waals surface area contributed by atoms with Crippen LogP contribution in [-0.2, 0) is 6.54 Å². The summed E-state index contributed by atoms with van der Waals surface area (Å²) in [6.07, 6.45) is 3.81. The van der Waals surface area contributed by atoms with Crippen LogP contribution in [0.4, 0.5) is 4.79 Å². The van der Waals surface area contributed by atoms with Gasteiger partial charge in [-0.25, -0.2) is 9.78 Å². The van der Waals surface area contributed by atoms with Gasteiger partial charge in [0.1, 0.15) is 0 Å². The van der Waals surface area contributed by atoms with Crippen LogP contribution in [0.2, 0.25) is 0 Å². The number of hydrogen-bond donors (Lipinski definition) is 1. The number of carbonyl (C=O) groups excluding carboxylic acids is 1. The highest BCUT2D eigenvalue weighted by atomic mass is 16.5. The Labute approximate surface area is 125 Å². The van der Waals surface area contributed by atoms with E-state index in [0.717, 1.165) is 44.6 Å². The number of ether oxygens (including phenoxy) is 1. The summed E-state index contributed by atoms with van der Waals surface area (Å²) in [5, 5.41) is 3.34. The van der Waals surface area contributed by atoms with Gasteiger partial charge in [-0.2, -0.15) is 0 Å². The zero-order chi connectivity index (χ0) is 14.7. The summed E-state index contributed by atoms with van der Waals surface area (Å²) in [5.74, 6) is 0.602. The second-order valence-corrected chi connectivity index (χ2v) is 5.55. The SMILES string of the molecule is COc1ncccc1CN1CCN(C2CCNCC2)C1=O. The lowest BCUT2D eigenvalue weighted by Gasteiger charge is -2.31. The van der Waals surface area contributed by atoms with Crippen molar-refractivity contribution >= 4 is 6.03 Å². The molecule has 0 aliphatic carbocycles. The largest absolute Gasteiger partial charge is 0.481 e. The van der Waals surface area contributed by atoms with Crippen LogP contribution in [0.25, 0.3) is 0 Å². The van der Waals surface area contributed by atoms with Crippen molar-refractivity contribution in [3.05, 3.63) is 23.9 Å². The number of aromatic nitrogens is 1.